The Labute approximate surface area is 177 Å². The van der Waals surface area contributed by atoms with Crippen LogP contribution in [-0.2, 0) is 11.2 Å². The largest absolute Gasteiger partial charge is 0.489 e. The van der Waals surface area contributed by atoms with Crippen molar-refractivity contribution < 1.29 is 24.5 Å². The molecule has 2 rings (SSSR count). The number of carbonyl (C=O) groups is 2. The maximum Gasteiger partial charge on any atom is 0.335 e. The van der Waals surface area contributed by atoms with Crippen LogP contribution in [0.4, 0.5) is 0 Å². The summed E-state index contributed by atoms with van der Waals surface area (Å²) in [6.45, 7) is 4.11. The van der Waals surface area contributed by atoms with E-state index in [-0.39, 0.29) is 17.9 Å². The van der Waals surface area contributed by atoms with Crippen molar-refractivity contribution in [3.05, 3.63) is 84.0 Å². The molecule has 5 nitrogen and oxygen atoms in total. The summed E-state index contributed by atoms with van der Waals surface area (Å²) in [4.78, 5) is 21.8. The fourth-order valence-electron chi connectivity index (χ4n) is 3.17. The topological polar surface area (TPSA) is 83.8 Å². The van der Waals surface area contributed by atoms with Gasteiger partial charge in [0.1, 0.15) is 12.4 Å². The number of ether oxygens (including phenoxy) is 1. The van der Waals surface area contributed by atoms with E-state index in [9.17, 15) is 9.59 Å². The lowest BCUT2D eigenvalue weighted by Crippen LogP contribution is -2.04. The van der Waals surface area contributed by atoms with Crippen molar-refractivity contribution in [3.63, 3.8) is 0 Å². The second-order valence-corrected chi connectivity index (χ2v) is 7.10. The Morgan fingerprint density at radius 3 is 2.43 bits per heavy atom. The van der Waals surface area contributed by atoms with Crippen molar-refractivity contribution in [1.82, 2.24) is 0 Å². The predicted octanol–water partition coefficient (Wildman–Crippen LogP) is 5.47. The van der Waals surface area contributed by atoms with E-state index < -0.39 is 11.9 Å². The molecule has 2 aromatic carbocycles. The average Bonchev–Trinajstić information content (AvgIpc) is 2.74. The molecule has 0 saturated carbocycles. The zero-order valence-corrected chi connectivity index (χ0v) is 17.0. The molecule has 0 heterocycles. The van der Waals surface area contributed by atoms with Crippen molar-refractivity contribution in [2.24, 2.45) is 5.92 Å². The van der Waals surface area contributed by atoms with Crippen molar-refractivity contribution in [2.45, 2.75) is 32.1 Å². The molecular formula is C25H28O5. The maximum absolute atomic E-state index is 11.1. The van der Waals surface area contributed by atoms with E-state index in [1.54, 1.807) is 18.2 Å². The molecule has 158 valence electrons. The Morgan fingerprint density at radius 2 is 1.77 bits per heavy atom. The summed E-state index contributed by atoms with van der Waals surface area (Å²) < 4.78 is 5.71. The zero-order valence-electron chi connectivity index (χ0n) is 17.0. The van der Waals surface area contributed by atoms with E-state index in [1.807, 2.05) is 42.5 Å². The number of hydrogen-bond acceptors (Lipinski definition) is 3. The molecule has 0 amide bonds. The molecular weight excluding hydrogens is 380 g/mol. The normalized spacial score (nSPS) is 11.9. The average molecular weight is 408 g/mol. The molecule has 0 aliphatic rings. The van der Waals surface area contributed by atoms with Gasteiger partial charge in [-0.1, -0.05) is 61.6 Å². The van der Waals surface area contributed by atoms with Gasteiger partial charge in [0.2, 0.25) is 0 Å². The van der Waals surface area contributed by atoms with Crippen LogP contribution in [0.1, 0.15) is 47.2 Å². The van der Waals surface area contributed by atoms with E-state index in [4.69, 9.17) is 14.9 Å². The van der Waals surface area contributed by atoms with Crippen LogP contribution in [0.2, 0.25) is 0 Å². The summed E-state index contributed by atoms with van der Waals surface area (Å²) in [5, 5.41) is 17.9. The minimum absolute atomic E-state index is 0.169. The van der Waals surface area contributed by atoms with Gasteiger partial charge in [-0.2, -0.15) is 0 Å². The summed E-state index contributed by atoms with van der Waals surface area (Å²) in [6, 6.07) is 14.7. The minimum atomic E-state index is -0.942. The fourth-order valence-corrected chi connectivity index (χ4v) is 3.17. The first-order valence-electron chi connectivity index (χ1n) is 10.0. The molecule has 5 heteroatoms. The molecule has 0 fully saturated rings. The number of unbranched alkanes of at least 4 members (excludes halogenated alkanes) is 1. The molecule has 0 spiro atoms. The zero-order chi connectivity index (χ0) is 21.8. The number of carboxylic acids is 2. The summed E-state index contributed by atoms with van der Waals surface area (Å²) in [5.41, 5.74) is 2.28. The van der Waals surface area contributed by atoms with Gasteiger partial charge in [-0.3, -0.25) is 4.79 Å². The standard InChI is InChI=1S/C25H28O5/c1-2-17-30-23-9-5-4-8-21(23)14-11-19(7-3-6-10-24(26)27)18-20-12-15-22(16-13-20)25(28)29/h2,4-5,8-9,11-16,19H,1,3,6-7,10,17-18H2,(H,26,27)(H,28,29). The molecule has 30 heavy (non-hydrogen) atoms. The molecule has 1 atom stereocenters. The smallest absolute Gasteiger partial charge is 0.335 e. The van der Waals surface area contributed by atoms with Crippen molar-refractivity contribution in [2.75, 3.05) is 6.61 Å². The molecule has 0 aromatic heterocycles. The number of hydrogen-bond donors (Lipinski definition) is 2. The summed E-state index contributed by atoms with van der Waals surface area (Å²) >= 11 is 0. The van der Waals surface area contributed by atoms with E-state index in [2.05, 4.69) is 12.7 Å². The Kier molecular flexibility index (Phi) is 9.38. The first-order chi connectivity index (χ1) is 14.5. The maximum atomic E-state index is 11.1. The third-order valence-corrected chi connectivity index (χ3v) is 4.74. The second-order valence-electron chi connectivity index (χ2n) is 7.10. The van der Waals surface area contributed by atoms with Gasteiger partial charge in [-0.05, 0) is 48.9 Å². The van der Waals surface area contributed by atoms with Gasteiger partial charge in [0, 0.05) is 12.0 Å². The second kappa shape index (κ2) is 12.3. The highest BCUT2D eigenvalue weighted by Gasteiger charge is 2.10. The summed E-state index contributed by atoms with van der Waals surface area (Å²) in [5.74, 6) is -0.742. The monoisotopic (exact) mass is 408 g/mol. The Morgan fingerprint density at radius 1 is 1.03 bits per heavy atom. The summed E-state index contributed by atoms with van der Waals surface area (Å²) in [7, 11) is 0. The predicted molar refractivity (Wildman–Crippen MR) is 118 cm³/mol. The van der Waals surface area contributed by atoms with Gasteiger partial charge in [-0.25, -0.2) is 4.79 Å². The lowest BCUT2D eigenvalue weighted by Gasteiger charge is -2.14. The molecule has 0 saturated heterocycles. The molecule has 2 aromatic rings. The molecule has 1 unspecified atom stereocenters. The molecule has 0 aliphatic heterocycles. The first-order valence-corrected chi connectivity index (χ1v) is 10.0. The molecule has 0 bridgehead atoms. The number of aliphatic carboxylic acids is 1. The number of allylic oxidation sites excluding steroid dienone is 1. The number of carboxylic acid groups (broad SMARTS) is 2. The van der Waals surface area contributed by atoms with Crippen LogP contribution in [-0.4, -0.2) is 28.8 Å². The molecule has 0 aliphatic carbocycles. The quantitative estimate of drug-likeness (QED) is 0.339. The van der Waals surface area contributed by atoms with Crippen LogP contribution in [0.25, 0.3) is 6.08 Å². The lowest BCUT2D eigenvalue weighted by molar-refractivity contribution is -0.137. The van der Waals surface area contributed by atoms with Crippen LogP contribution < -0.4 is 4.74 Å². The van der Waals surface area contributed by atoms with Crippen molar-refractivity contribution >= 4 is 18.0 Å². The van der Waals surface area contributed by atoms with Gasteiger partial charge < -0.3 is 14.9 Å². The van der Waals surface area contributed by atoms with E-state index in [0.29, 0.717) is 13.0 Å². The Hall–Kier alpha value is -3.34. The number of para-hydroxylation sites is 1. The SMILES string of the molecule is C=CCOc1ccccc1C=CC(CCCCC(=O)O)Cc1ccc(C(=O)O)cc1. The highest BCUT2D eigenvalue weighted by molar-refractivity contribution is 5.87. The highest BCUT2D eigenvalue weighted by atomic mass is 16.5. The minimum Gasteiger partial charge on any atom is -0.489 e. The van der Waals surface area contributed by atoms with E-state index >= 15 is 0 Å². The Bertz CT molecular complexity index is 867. The van der Waals surface area contributed by atoms with Crippen LogP contribution in [0.15, 0.2) is 67.3 Å². The molecule has 0 radical (unpaired) electrons. The van der Waals surface area contributed by atoms with Crippen molar-refractivity contribution in [3.8, 4) is 5.75 Å². The first kappa shape index (κ1) is 22.9. The molecule has 2 N–H and O–H groups in total. The van der Waals surface area contributed by atoms with E-state index in [1.165, 1.54) is 0 Å². The summed E-state index contributed by atoms with van der Waals surface area (Å²) in [6.07, 6.45) is 9.07. The third kappa shape index (κ3) is 7.95. The van der Waals surface area contributed by atoms with Gasteiger partial charge in [0.15, 0.2) is 0 Å². The van der Waals surface area contributed by atoms with Gasteiger partial charge in [0.25, 0.3) is 0 Å². The van der Waals surface area contributed by atoms with Crippen LogP contribution in [0, 0.1) is 5.92 Å². The Balaban J connectivity index is 2.12. The third-order valence-electron chi connectivity index (χ3n) is 4.74. The number of aromatic carboxylic acids is 1. The van der Waals surface area contributed by atoms with E-state index in [0.717, 1.165) is 36.1 Å². The van der Waals surface area contributed by atoms with Crippen LogP contribution >= 0.6 is 0 Å². The fraction of sp³-hybridized carbons (Fsp3) is 0.280. The van der Waals surface area contributed by atoms with Crippen molar-refractivity contribution in [1.29, 1.82) is 0 Å². The van der Waals surface area contributed by atoms with Crippen LogP contribution in [0.3, 0.4) is 0 Å². The number of benzene rings is 2. The van der Waals surface area contributed by atoms with Gasteiger partial charge in [0.05, 0.1) is 5.56 Å². The highest BCUT2D eigenvalue weighted by Crippen LogP contribution is 2.23. The van der Waals surface area contributed by atoms with Gasteiger partial charge in [-0.15, -0.1) is 0 Å². The van der Waals surface area contributed by atoms with Gasteiger partial charge >= 0.3 is 11.9 Å². The lowest BCUT2D eigenvalue weighted by atomic mass is 9.92. The number of rotatable bonds is 13. The van der Waals surface area contributed by atoms with Crippen LogP contribution in [0.5, 0.6) is 5.75 Å².